The summed E-state index contributed by atoms with van der Waals surface area (Å²) < 4.78 is 5.99. The number of anilines is 2. The first-order valence-corrected chi connectivity index (χ1v) is 11.7. The highest BCUT2D eigenvalue weighted by atomic mass is 32.2. The monoisotopic (exact) mass is 418 g/mol. The van der Waals surface area contributed by atoms with Crippen LogP contribution in [0.25, 0.3) is 0 Å². The van der Waals surface area contributed by atoms with E-state index in [1.807, 2.05) is 24.3 Å². The molecule has 4 rings (SSSR count). The first kappa shape index (κ1) is 19.5. The van der Waals surface area contributed by atoms with Gasteiger partial charge in [-0.05, 0) is 55.9 Å². The zero-order chi connectivity index (χ0) is 19.3. The third-order valence-electron chi connectivity index (χ3n) is 5.63. The van der Waals surface area contributed by atoms with Gasteiger partial charge in [-0.2, -0.15) is 0 Å². The minimum Gasteiger partial charge on any atom is -0.497 e. The van der Waals surface area contributed by atoms with Crippen molar-refractivity contribution < 1.29 is 9.53 Å². The van der Waals surface area contributed by atoms with E-state index in [4.69, 9.17) is 4.74 Å². The molecule has 150 valence electrons. The number of nitrogens with zero attached hydrogens (tertiary/aromatic N) is 3. The standard InChI is InChI=1S/C20H26N4O2S2/c1-26-16-10-8-15(9-11-16)21-19-22-23-20(28-19)27-13-18(25)24-12-4-6-14-5-2-3-7-17(14)24/h8-11,14,17H,2-7,12-13H2,1H3,(H,21,22)/t14-,17+/m0/s1. The first-order valence-electron chi connectivity index (χ1n) is 9.90. The Morgan fingerprint density at radius 3 is 2.82 bits per heavy atom. The lowest BCUT2D eigenvalue weighted by atomic mass is 9.78. The molecule has 8 heteroatoms. The van der Waals surface area contributed by atoms with Gasteiger partial charge in [0.25, 0.3) is 0 Å². The Morgan fingerprint density at radius 2 is 2.00 bits per heavy atom. The zero-order valence-electron chi connectivity index (χ0n) is 16.1. The molecule has 1 aliphatic heterocycles. The van der Waals surface area contributed by atoms with Crippen LogP contribution < -0.4 is 10.1 Å². The second-order valence-electron chi connectivity index (χ2n) is 7.36. The van der Waals surface area contributed by atoms with Gasteiger partial charge in [0.15, 0.2) is 4.34 Å². The smallest absolute Gasteiger partial charge is 0.233 e. The molecule has 1 saturated heterocycles. The van der Waals surface area contributed by atoms with E-state index in [-0.39, 0.29) is 5.91 Å². The van der Waals surface area contributed by atoms with E-state index in [1.54, 1.807) is 7.11 Å². The molecule has 0 radical (unpaired) electrons. The summed E-state index contributed by atoms with van der Waals surface area (Å²) in [6.07, 6.45) is 7.49. The summed E-state index contributed by atoms with van der Waals surface area (Å²) in [5.41, 5.74) is 0.932. The van der Waals surface area contributed by atoms with Crippen LogP contribution >= 0.6 is 23.1 Å². The molecule has 2 heterocycles. The van der Waals surface area contributed by atoms with Crippen LogP contribution in [0.3, 0.4) is 0 Å². The van der Waals surface area contributed by atoms with Crippen LogP contribution in [-0.4, -0.2) is 46.5 Å². The molecule has 1 N–H and O–H groups in total. The molecule has 28 heavy (non-hydrogen) atoms. The van der Waals surface area contributed by atoms with E-state index >= 15 is 0 Å². The normalized spacial score (nSPS) is 21.8. The van der Waals surface area contributed by atoms with Gasteiger partial charge in [0, 0.05) is 18.3 Å². The fraction of sp³-hybridized carbons (Fsp3) is 0.550. The molecule has 2 aliphatic rings. The number of hydrogen-bond acceptors (Lipinski definition) is 7. The number of likely N-dealkylation sites (tertiary alicyclic amines) is 1. The number of thioether (sulfide) groups is 1. The van der Waals surface area contributed by atoms with Gasteiger partial charge < -0.3 is 15.0 Å². The van der Waals surface area contributed by atoms with Gasteiger partial charge in [-0.15, -0.1) is 10.2 Å². The lowest BCUT2D eigenvalue weighted by Crippen LogP contribution is -2.50. The number of carbonyl (C=O) groups excluding carboxylic acids is 1. The van der Waals surface area contributed by atoms with Crippen molar-refractivity contribution in [2.75, 3.05) is 24.7 Å². The van der Waals surface area contributed by atoms with Gasteiger partial charge in [0.1, 0.15) is 5.75 Å². The number of piperidine rings is 1. The van der Waals surface area contributed by atoms with Gasteiger partial charge in [-0.3, -0.25) is 4.79 Å². The quantitative estimate of drug-likeness (QED) is 0.694. The number of carbonyl (C=O) groups is 1. The van der Waals surface area contributed by atoms with Gasteiger partial charge in [-0.1, -0.05) is 35.9 Å². The minimum absolute atomic E-state index is 0.251. The number of hydrogen-bond donors (Lipinski definition) is 1. The van der Waals surface area contributed by atoms with Crippen LogP contribution in [0, 0.1) is 5.92 Å². The Balaban J connectivity index is 1.30. The highest BCUT2D eigenvalue weighted by molar-refractivity contribution is 8.01. The summed E-state index contributed by atoms with van der Waals surface area (Å²) >= 11 is 2.97. The fourth-order valence-electron chi connectivity index (χ4n) is 4.26. The van der Waals surface area contributed by atoms with Crippen molar-refractivity contribution in [3.05, 3.63) is 24.3 Å². The SMILES string of the molecule is COc1ccc(Nc2nnc(SCC(=O)N3CCC[C@@H]4CCCC[C@H]43)s2)cc1. The molecular formula is C20H26N4O2S2. The number of methoxy groups -OCH3 is 1. The molecule has 6 nitrogen and oxygen atoms in total. The molecule has 1 aliphatic carbocycles. The number of benzene rings is 1. The van der Waals surface area contributed by atoms with Crippen molar-refractivity contribution >= 4 is 39.8 Å². The van der Waals surface area contributed by atoms with Gasteiger partial charge in [0.2, 0.25) is 11.0 Å². The molecule has 1 saturated carbocycles. The van der Waals surface area contributed by atoms with E-state index in [0.29, 0.717) is 11.8 Å². The maximum Gasteiger partial charge on any atom is 0.233 e. The lowest BCUT2D eigenvalue weighted by Gasteiger charge is -2.44. The minimum atomic E-state index is 0.251. The van der Waals surface area contributed by atoms with Crippen molar-refractivity contribution in [2.45, 2.75) is 48.9 Å². The number of ether oxygens (including phenoxy) is 1. The molecular weight excluding hydrogens is 392 g/mol. The third-order valence-corrected chi connectivity index (χ3v) is 7.59. The number of nitrogens with one attached hydrogen (secondary N) is 1. The zero-order valence-corrected chi connectivity index (χ0v) is 17.7. The van der Waals surface area contributed by atoms with Crippen LogP contribution in [0.1, 0.15) is 38.5 Å². The second-order valence-corrected chi connectivity index (χ2v) is 9.56. The van der Waals surface area contributed by atoms with Crippen LogP contribution in [0.4, 0.5) is 10.8 Å². The van der Waals surface area contributed by atoms with Gasteiger partial charge >= 0.3 is 0 Å². The topological polar surface area (TPSA) is 67.3 Å². The van der Waals surface area contributed by atoms with E-state index in [0.717, 1.165) is 39.8 Å². The van der Waals surface area contributed by atoms with Gasteiger partial charge in [-0.25, -0.2) is 0 Å². The number of fused-ring (bicyclic) bond motifs is 1. The summed E-state index contributed by atoms with van der Waals surface area (Å²) in [5.74, 6) is 2.23. The molecule has 2 atom stereocenters. The van der Waals surface area contributed by atoms with Crippen LogP contribution in [-0.2, 0) is 4.79 Å². The number of amides is 1. The Labute approximate surface area is 174 Å². The molecule has 1 amide bonds. The molecule has 0 spiro atoms. The Kier molecular flexibility index (Phi) is 6.36. The Hall–Kier alpha value is -1.80. The molecule has 0 bridgehead atoms. The molecule has 1 aromatic carbocycles. The first-order chi connectivity index (χ1) is 13.7. The van der Waals surface area contributed by atoms with Crippen molar-refractivity contribution in [1.29, 1.82) is 0 Å². The van der Waals surface area contributed by atoms with Crippen LogP contribution in [0.2, 0.25) is 0 Å². The predicted octanol–water partition coefficient (Wildman–Crippen LogP) is 4.56. The number of rotatable bonds is 6. The average Bonchev–Trinajstić information content (AvgIpc) is 3.19. The van der Waals surface area contributed by atoms with E-state index < -0.39 is 0 Å². The highest BCUT2D eigenvalue weighted by Gasteiger charge is 2.35. The summed E-state index contributed by atoms with van der Waals surface area (Å²) in [4.78, 5) is 15.0. The molecule has 2 aromatic rings. The summed E-state index contributed by atoms with van der Waals surface area (Å²) in [6, 6.07) is 8.14. The van der Waals surface area contributed by atoms with E-state index in [1.165, 1.54) is 55.2 Å². The number of aromatic nitrogens is 2. The molecule has 1 aromatic heterocycles. The van der Waals surface area contributed by atoms with Crippen molar-refractivity contribution in [2.24, 2.45) is 5.92 Å². The summed E-state index contributed by atoms with van der Waals surface area (Å²) in [7, 11) is 1.65. The Bertz CT molecular complexity index is 794. The summed E-state index contributed by atoms with van der Waals surface area (Å²) in [6.45, 7) is 0.918. The predicted molar refractivity (Wildman–Crippen MR) is 114 cm³/mol. The maximum atomic E-state index is 12.8. The average molecular weight is 419 g/mol. The van der Waals surface area contributed by atoms with E-state index in [9.17, 15) is 4.79 Å². The van der Waals surface area contributed by atoms with Crippen LogP contribution in [0.5, 0.6) is 5.75 Å². The molecule has 2 fully saturated rings. The highest BCUT2D eigenvalue weighted by Crippen LogP contribution is 2.36. The van der Waals surface area contributed by atoms with Crippen molar-refractivity contribution in [1.82, 2.24) is 15.1 Å². The largest absolute Gasteiger partial charge is 0.497 e. The van der Waals surface area contributed by atoms with Crippen LogP contribution in [0.15, 0.2) is 28.6 Å². The Morgan fingerprint density at radius 1 is 1.21 bits per heavy atom. The summed E-state index contributed by atoms with van der Waals surface area (Å²) in [5, 5.41) is 12.4. The molecule has 0 unspecified atom stereocenters. The second kappa shape index (κ2) is 9.13. The van der Waals surface area contributed by atoms with E-state index in [2.05, 4.69) is 20.4 Å². The lowest BCUT2D eigenvalue weighted by molar-refractivity contribution is -0.134. The van der Waals surface area contributed by atoms with Crippen molar-refractivity contribution in [3.8, 4) is 5.75 Å². The van der Waals surface area contributed by atoms with Crippen molar-refractivity contribution in [3.63, 3.8) is 0 Å². The van der Waals surface area contributed by atoms with Gasteiger partial charge in [0.05, 0.1) is 12.9 Å². The fourth-order valence-corrected chi connectivity index (χ4v) is 5.92. The maximum absolute atomic E-state index is 12.8. The third kappa shape index (κ3) is 4.60.